The van der Waals surface area contributed by atoms with E-state index in [-0.39, 0.29) is 5.41 Å². The molecule has 5 nitrogen and oxygen atoms in total. The maximum Gasteiger partial charge on any atom is 0.269 e. The molecule has 2 aromatic carbocycles. The molecule has 0 bridgehead atoms. The van der Waals surface area contributed by atoms with E-state index in [1.165, 1.54) is 11.1 Å². The number of amides is 1. The van der Waals surface area contributed by atoms with E-state index >= 15 is 0 Å². The van der Waals surface area contributed by atoms with E-state index in [0.29, 0.717) is 11.7 Å². The Morgan fingerprint density at radius 2 is 1.79 bits per heavy atom. The summed E-state index contributed by atoms with van der Waals surface area (Å²) in [5.74, 6) is 0.360. The number of hydrogen-bond donors (Lipinski definition) is 1. The van der Waals surface area contributed by atoms with Crippen LogP contribution in [0.3, 0.4) is 0 Å². The van der Waals surface area contributed by atoms with Crippen LogP contribution in [0.4, 0.5) is 0 Å². The number of carbonyl (C=O) groups is 1. The summed E-state index contributed by atoms with van der Waals surface area (Å²) in [5, 5.41) is 4.60. The number of nitrogens with two attached hydrogens (primary N) is 1. The zero-order chi connectivity index (χ0) is 20.0. The van der Waals surface area contributed by atoms with Crippen LogP contribution in [-0.2, 0) is 11.8 Å². The van der Waals surface area contributed by atoms with Crippen molar-refractivity contribution < 1.29 is 9.53 Å². The van der Waals surface area contributed by atoms with Crippen LogP contribution in [0.1, 0.15) is 51.8 Å². The Hall–Kier alpha value is -3.34. The normalized spacial score (nSPS) is 20.3. The zero-order valence-corrected chi connectivity index (χ0v) is 16.3. The van der Waals surface area contributed by atoms with Gasteiger partial charge in [-0.2, -0.15) is 5.10 Å². The minimum atomic E-state index is -0.470. The van der Waals surface area contributed by atoms with Crippen molar-refractivity contribution in [2.75, 3.05) is 7.11 Å². The van der Waals surface area contributed by atoms with E-state index < -0.39 is 5.91 Å². The molecule has 1 saturated carbocycles. The molecule has 3 aromatic rings. The second-order valence-electron chi connectivity index (χ2n) is 7.82. The van der Waals surface area contributed by atoms with Gasteiger partial charge in [0.1, 0.15) is 5.75 Å². The molecule has 1 atom stereocenters. The molecule has 1 unspecified atom stereocenters. The van der Waals surface area contributed by atoms with Gasteiger partial charge in [-0.1, -0.05) is 54.6 Å². The Morgan fingerprint density at radius 1 is 1.10 bits per heavy atom. The summed E-state index contributed by atoms with van der Waals surface area (Å²) in [6.45, 7) is 0. The van der Waals surface area contributed by atoms with Crippen LogP contribution in [0.5, 0.6) is 5.75 Å². The van der Waals surface area contributed by atoms with Gasteiger partial charge in [-0.15, -0.1) is 0 Å². The molecule has 1 aromatic heterocycles. The Bertz CT molecular complexity index is 1100. The molecule has 2 aliphatic rings. The highest BCUT2D eigenvalue weighted by Crippen LogP contribution is 2.45. The van der Waals surface area contributed by atoms with Gasteiger partial charge in [0.2, 0.25) is 0 Å². The van der Waals surface area contributed by atoms with Crippen LogP contribution in [0.15, 0.2) is 60.7 Å². The van der Waals surface area contributed by atoms with E-state index in [0.717, 1.165) is 36.3 Å². The molecule has 5 heteroatoms. The average Bonchev–Trinajstić information content (AvgIpc) is 3.54. The third-order valence-corrected chi connectivity index (χ3v) is 6.05. The molecular formula is C24H23N3O2. The average molecular weight is 385 g/mol. The van der Waals surface area contributed by atoms with Crippen LogP contribution in [0.25, 0.3) is 6.08 Å². The van der Waals surface area contributed by atoms with Gasteiger partial charge in [0.25, 0.3) is 5.91 Å². The predicted octanol–water partition coefficient (Wildman–Crippen LogP) is 3.88. The number of hydrogen-bond acceptors (Lipinski definition) is 3. The first kappa shape index (κ1) is 17.7. The van der Waals surface area contributed by atoms with Crippen LogP contribution in [0.2, 0.25) is 0 Å². The van der Waals surface area contributed by atoms with Crippen molar-refractivity contribution in [3.8, 4) is 5.75 Å². The lowest BCUT2D eigenvalue weighted by atomic mass is 9.68. The first-order chi connectivity index (χ1) is 14.1. The fraction of sp³-hybridized carbons (Fsp3) is 0.250. The molecule has 5 rings (SSSR count). The lowest BCUT2D eigenvalue weighted by Gasteiger charge is -2.35. The molecule has 2 N–H and O–H groups in total. The SMILES string of the molecule is COc1ccc(C2(c3ccccc3)C=Cc3c(C(N)=O)nn(C4CC4)c3C2)cc1. The third-order valence-electron chi connectivity index (χ3n) is 6.05. The van der Waals surface area contributed by atoms with Crippen molar-refractivity contribution in [1.82, 2.24) is 9.78 Å². The van der Waals surface area contributed by atoms with Gasteiger partial charge in [0.15, 0.2) is 5.69 Å². The molecular weight excluding hydrogens is 362 g/mol. The largest absolute Gasteiger partial charge is 0.497 e. The van der Waals surface area contributed by atoms with Crippen molar-refractivity contribution >= 4 is 12.0 Å². The number of carbonyl (C=O) groups excluding carboxylic acids is 1. The first-order valence-corrected chi connectivity index (χ1v) is 9.93. The van der Waals surface area contributed by atoms with E-state index in [2.05, 4.69) is 47.6 Å². The molecule has 29 heavy (non-hydrogen) atoms. The molecule has 0 aliphatic heterocycles. The topological polar surface area (TPSA) is 70.1 Å². The summed E-state index contributed by atoms with van der Waals surface area (Å²) in [6.07, 6.45) is 7.14. The summed E-state index contributed by atoms with van der Waals surface area (Å²) in [7, 11) is 1.67. The van der Waals surface area contributed by atoms with Crippen molar-refractivity contribution in [2.24, 2.45) is 5.73 Å². The number of benzene rings is 2. The zero-order valence-electron chi connectivity index (χ0n) is 16.3. The van der Waals surface area contributed by atoms with Crippen LogP contribution < -0.4 is 10.5 Å². The minimum absolute atomic E-state index is 0.345. The van der Waals surface area contributed by atoms with E-state index in [1.54, 1.807) is 7.11 Å². The number of fused-ring (bicyclic) bond motifs is 1. The summed E-state index contributed by atoms with van der Waals surface area (Å²) >= 11 is 0. The number of aromatic nitrogens is 2. The maximum absolute atomic E-state index is 12.0. The number of methoxy groups -OCH3 is 1. The third kappa shape index (κ3) is 2.85. The molecule has 146 valence electrons. The second kappa shape index (κ2) is 6.62. The summed E-state index contributed by atoms with van der Waals surface area (Å²) < 4.78 is 7.40. The lowest BCUT2D eigenvalue weighted by molar-refractivity contribution is 0.0994. The van der Waals surface area contributed by atoms with Crippen molar-refractivity contribution in [2.45, 2.75) is 30.7 Å². The van der Waals surface area contributed by atoms with Gasteiger partial charge in [-0.25, -0.2) is 0 Å². The summed E-state index contributed by atoms with van der Waals surface area (Å²) in [5.41, 5.74) is 9.99. The minimum Gasteiger partial charge on any atom is -0.497 e. The standard InChI is InChI=1S/C24H23N3O2/c1-29-19-11-7-17(8-12-19)24(16-5-3-2-4-6-16)14-13-20-21(15-24)27(18-9-10-18)26-22(20)23(25)28/h2-8,11-14,18H,9-10,15H2,1H3,(H2,25,28). The van der Waals surface area contributed by atoms with Gasteiger partial charge < -0.3 is 10.5 Å². The number of nitrogens with zero attached hydrogens (tertiary/aromatic N) is 2. The Morgan fingerprint density at radius 3 is 2.41 bits per heavy atom. The molecule has 2 aliphatic carbocycles. The molecule has 0 radical (unpaired) electrons. The van der Waals surface area contributed by atoms with Gasteiger partial charge in [0, 0.05) is 23.1 Å². The van der Waals surface area contributed by atoms with E-state index in [4.69, 9.17) is 10.5 Å². The fourth-order valence-corrected chi connectivity index (χ4v) is 4.37. The van der Waals surface area contributed by atoms with Crippen molar-refractivity contribution in [3.05, 3.63) is 88.8 Å². The highest BCUT2D eigenvalue weighted by molar-refractivity contribution is 5.95. The lowest BCUT2D eigenvalue weighted by Crippen LogP contribution is -2.31. The first-order valence-electron chi connectivity index (χ1n) is 9.93. The molecule has 0 saturated heterocycles. The summed E-state index contributed by atoms with van der Waals surface area (Å²) in [4.78, 5) is 12.0. The Kier molecular flexibility index (Phi) is 4.05. The second-order valence-corrected chi connectivity index (χ2v) is 7.82. The number of primary amides is 1. The number of ether oxygens (including phenoxy) is 1. The van der Waals surface area contributed by atoms with Crippen LogP contribution in [-0.4, -0.2) is 22.8 Å². The number of allylic oxidation sites excluding steroid dienone is 1. The maximum atomic E-state index is 12.0. The van der Waals surface area contributed by atoms with Crippen molar-refractivity contribution in [3.63, 3.8) is 0 Å². The summed E-state index contributed by atoms with van der Waals surface area (Å²) in [6, 6.07) is 19.1. The van der Waals surface area contributed by atoms with E-state index in [9.17, 15) is 4.79 Å². The number of rotatable bonds is 5. The van der Waals surface area contributed by atoms with Crippen molar-refractivity contribution in [1.29, 1.82) is 0 Å². The van der Waals surface area contributed by atoms with Gasteiger partial charge in [-0.05, 0) is 36.1 Å². The highest BCUT2D eigenvalue weighted by atomic mass is 16.5. The van der Waals surface area contributed by atoms with Crippen LogP contribution >= 0.6 is 0 Å². The monoisotopic (exact) mass is 385 g/mol. The smallest absolute Gasteiger partial charge is 0.269 e. The molecule has 1 heterocycles. The molecule has 0 spiro atoms. The molecule has 1 fully saturated rings. The fourth-order valence-electron chi connectivity index (χ4n) is 4.37. The Labute approximate surface area is 169 Å². The van der Waals surface area contributed by atoms with E-state index in [1.807, 2.05) is 29.0 Å². The van der Waals surface area contributed by atoms with Gasteiger partial charge >= 0.3 is 0 Å². The van der Waals surface area contributed by atoms with Gasteiger partial charge in [0.05, 0.1) is 13.2 Å². The Balaban J connectivity index is 1.70. The van der Waals surface area contributed by atoms with Gasteiger partial charge in [-0.3, -0.25) is 9.48 Å². The molecule has 1 amide bonds. The quantitative estimate of drug-likeness (QED) is 0.725. The highest BCUT2D eigenvalue weighted by Gasteiger charge is 2.40. The van der Waals surface area contributed by atoms with Crippen LogP contribution in [0, 0.1) is 0 Å². The predicted molar refractivity (Wildman–Crippen MR) is 112 cm³/mol.